The largest absolute Gasteiger partial charge is 0.198 e. The molecule has 0 radical (unpaired) electrons. The van der Waals surface area contributed by atoms with Crippen LogP contribution >= 0.6 is 0 Å². The summed E-state index contributed by atoms with van der Waals surface area (Å²) in [6.07, 6.45) is 8.46. The van der Waals surface area contributed by atoms with E-state index >= 15 is 0 Å². The Hall–Kier alpha value is -1.28. The molecule has 4 unspecified atom stereocenters. The van der Waals surface area contributed by atoms with Gasteiger partial charge < -0.3 is 0 Å². The van der Waals surface area contributed by atoms with Crippen LogP contribution in [0, 0.1) is 45.3 Å². The Kier molecular flexibility index (Phi) is 1.27. The van der Waals surface area contributed by atoms with Crippen LogP contribution < -0.4 is 0 Å². The molecule has 2 bridgehead atoms. The molecular formula is C12H12N2. The van der Waals surface area contributed by atoms with E-state index in [1.165, 1.54) is 0 Å². The predicted octanol–water partition coefficient (Wildman–Crippen LogP) is 2.40. The number of nitriles is 2. The normalized spacial score (nSPS) is 52.7. The van der Waals surface area contributed by atoms with Crippen molar-refractivity contribution in [2.45, 2.75) is 25.7 Å². The molecule has 4 atom stereocenters. The van der Waals surface area contributed by atoms with Crippen LogP contribution in [0.5, 0.6) is 0 Å². The lowest BCUT2D eigenvalue weighted by atomic mass is 9.36. The van der Waals surface area contributed by atoms with E-state index in [9.17, 15) is 10.5 Å². The quantitative estimate of drug-likeness (QED) is 0.543. The Morgan fingerprint density at radius 2 is 1.36 bits per heavy atom. The molecule has 0 aromatic rings. The van der Waals surface area contributed by atoms with Gasteiger partial charge in [-0.05, 0) is 37.5 Å². The number of hydrogen-bond acceptors (Lipinski definition) is 2. The molecule has 0 heterocycles. The van der Waals surface area contributed by atoms with Gasteiger partial charge >= 0.3 is 0 Å². The summed E-state index contributed by atoms with van der Waals surface area (Å²) in [5, 5.41) is 18.7. The smallest absolute Gasteiger partial charge is 0.0828 e. The topological polar surface area (TPSA) is 47.6 Å². The first-order chi connectivity index (χ1) is 6.79. The number of fused-ring (bicyclic) bond motifs is 1. The third-order valence-electron chi connectivity index (χ3n) is 4.74. The molecule has 0 N–H and O–H groups in total. The fraction of sp³-hybridized carbons (Fsp3) is 0.667. The molecule has 0 aromatic heterocycles. The SMILES string of the molecule is N#CC12CCC1(C#N)C1C=CC2CC1. The minimum Gasteiger partial charge on any atom is -0.198 e. The van der Waals surface area contributed by atoms with Crippen LogP contribution in [0.1, 0.15) is 25.7 Å². The van der Waals surface area contributed by atoms with Crippen molar-refractivity contribution in [1.29, 1.82) is 10.5 Å². The minimum atomic E-state index is -0.320. The van der Waals surface area contributed by atoms with Gasteiger partial charge in [0.05, 0.1) is 23.0 Å². The van der Waals surface area contributed by atoms with E-state index in [0.717, 1.165) is 25.7 Å². The lowest BCUT2D eigenvalue weighted by molar-refractivity contribution is -0.0948. The summed E-state index contributed by atoms with van der Waals surface area (Å²) in [6.45, 7) is 0. The van der Waals surface area contributed by atoms with Crippen molar-refractivity contribution in [1.82, 2.24) is 0 Å². The standard InChI is InChI=1S/C12H12N2/c13-7-11-5-6-12(11,8-14)10-2-1-9(11)3-4-10/h1-2,9-10H,3-6H2. The van der Waals surface area contributed by atoms with Gasteiger partial charge in [0.15, 0.2) is 0 Å². The Morgan fingerprint density at radius 1 is 0.929 bits per heavy atom. The number of rotatable bonds is 0. The van der Waals surface area contributed by atoms with Crippen LogP contribution in [0.4, 0.5) is 0 Å². The van der Waals surface area contributed by atoms with Crippen LogP contribution in [0.15, 0.2) is 12.2 Å². The van der Waals surface area contributed by atoms with Gasteiger partial charge in [0.1, 0.15) is 0 Å². The molecule has 14 heavy (non-hydrogen) atoms. The molecule has 0 aromatic carbocycles. The molecule has 4 rings (SSSR count). The highest BCUT2D eigenvalue weighted by molar-refractivity contribution is 5.37. The zero-order valence-corrected chi connectivity index (χ0v) is 8.03. The van der Waals surface area contributed by atoms with Gasteiger partial charge in [0, 0.05) is 0 Å². The van der Waals surface area contributed by atoms with Crippen molar-refractivity contribution < 1.29 is 0 Å². The van der Waals surface area contributed by atoms with Gasteiger partial charge in [0.2, 0.25) is 0 Å². The summed E-state index contributed by atoms with van der Waals surface area (Å²) < 4.78 is 0. The first-order valence-electron chi connectivity index (χ1n) is 5.30. The average molecular weight is 184 g/mol. The highest BCUT2D eigenvalue weighted by Crippen LogP contribution is 2.70. The maximum Gasteiger partial charge on any atom is 0.0828 e. The van der Waals surface area contributed by atoms with Crippen molar-refractivity contribution in [3.8, 4) is 12.1 Å². The van der Waals surface area contributed by atoms with Crippen molar-refractivity contribution in [2.24, 2.45) is 22.7 Å². The van der Waals surface area contributed by atoms with E-state index in [1.54, 1.807) is 0 Å². The maximum absolute atomic E-state index is 9.36. The fourth-order valence-electron chi connectivity index (χ4n) is 3.81. The zero-order chi connectivity index (χ0) is 9.81. The van der Waals surface area contributed by atoms with Gasteiger partial charge in [0.25, 0.3) is 0 Å². The molecule has 0 amide bonds. The van der Waals surface area contributed by atoms with Crippen LogP contribution in [0.25, 0.3) is 0 Å². The van der Waals surface area contributed by atoms with E-state index in [0.29, 0.717) is 11.8 Å². The molecule has 4 aliphatic rings. The van der Waals surface area contributed by atoms with Crippen LogP contribution in [-0.4, -0.2) is 0 Å². The van der Waals surface area contributed by atoms with E-state index in [-0.39, 0.29) is 10.8 Å². The van der Waals surface area contributed by atoms with Crippen molar-refractivity contribution in [3.63, 3.8) is 0 Å². The van der Waals surface area contributed by atoms with Crippen LogP contribution in [0.2, 0.25) is 0 Å². The number of allylic oxidation sites excluding steroid dienone is 2. The van der Waals surface area contributed by atoms with Gasteiger partial charge in [-0.1, -0.05) is 12.2 Å². The van der Waals surface area contributed by atoms with Crippen LogP contribution in [-0.2, 0) is 0 Å². The second-order valence-electron chi connectivity index (χ2n) is 4.84. The molecule has 0 aliphatic heterocycles. The number of hydrogen-bond donors (Lipinski definition) is 0. The monoisotopic (exact) mass is 184 g/mol. The molecular weight excluding hydrogens is 172 g/mol. The van der Waals surface area contributed by atoms with E-state index < -0.39 is 0 Å². The minimum absolute atomic E-state index is 0.320. The lowest BCUT2D eigenvalue weighted by Crippen LogP contribution is -2.61. The first kappa shape index (κ1) is 8.06. The molecule has 2 nitrogen and oxygen atoms in total. The highest BCUT2D eigenvalue weighted by atomic mass is 14.7. The second kappa shape index (κ2) is 2.20. The summed E-state index contributed by atoms with van der Waals surface area (Å²) in [5.74, 6) is 0.705. The fourth-order valence-corrected chi connectivity index (χ4v) is 3.81. The molecule has 4 aliphatic carbocycles. The molecule has 2 saturated carbocycles. The Labute approximate surface area is 83.8 Å². The summed E-state index contributed by atoms with van der Waals surface area (Å²) in [6, 6.07) is 4.93. The molecule has 70 valence electrons. The first-order valence-corrected chi connectivity index (χ1v) is 5.30. The van der Waals surface area contributed by atoms with Crippen molar-refractivity contribution in [3.05, 3.63) is 12.2 Å². The highest BCUT2D eigenvalue weighted by Gasteiger charge is 2.69. The summed E-state index contributed by atoms with van der Waals surface area (Å²) in [4.78, 5) is 0. The van der Waals surface area contributed by atoms with Crippen molar-refractivity contribution >= 4 is 0 Å². The lowest BCUT2D eigenvalue weighted by Gasteiger charge is -2.62. The van der Waals surface area contributed by atoms with E-state index in [4.69, 9.17) is 0 Å². The van der Waals surface area contributed by atoms with E-state index in [2.05, 4.69) is 24.3 Å². The van der Waals surface area contributed by atoms with Gasteiger partial charge in [-0.15, -0.1) is 0 Å². The van der Waals surface area contributed by atoms with E-state index in [1.807, 2.05) is 0 Å². The molecule has 2 heteroatoms. The van der Waals surface area contributed by atoms with Crippen molar-refractivity contribution in [2.75, 3.05) is 0 Å². The predicted molar refractivity (Wildman–Crippen MR) is 50.7 cm³/mol. The van der Waals surface area contributed by atoms with Gasteiger partial charge in [-0.3, -0.25) is 0 Å². The second-order valence-corrected chi connectivity index (χ2v) is 4.84. The van der Waals surface area contributed by atoms with Gasteiger partial charge in [-0.2, -0.15) is 10.5 Å². The molecule has 0 spiro atoms. The average Bonchev–Trinajstić information content (AvgIpc) is 2.20. The zero-order valence-electron chi connectivity index (χ0n) is 8.03. The van der Waals surface area contributed by atoms with Gasteiger partial charge in [-0.25, -0.2) is 0 Å². The summed E-state index contributed by atoms with van der Waals surface area (Å²) >= 11 is 0. The third kappa shape index (κ3) is 0.555. The Bertz CT molecular complexity index is 360. The molecule has 2 fully saturated rings. The van der Waals surface area contributed by atoms with Crippen LogP contribution in [0.3, 0.4) is 0 Å². The molecule has 0 saturated heterocycles. The Morgan fingerprint density at radius 3 is 1.57 bits per heavy atom. The number of nitrogens with zero attached hydrogens (tertiary/aromatic N) is 2. The Balaban J connectivity index is 2.19. The maximum atomic E-state index is 9.36. The summed E-state index contributed by atoms with van der Waals surface area (Å²) in [7, 11) is 0. The summed E-state index contributed by atoms with van der Waals surface area (Å²) in [5.41, 5.74) is -0.640. The third-order valence-corrected chi connectivity index (χ3v) is 4.74.